The highest BCUT2D eigenvalue weighted by atomic mass is 35.5. The van der Waals surface area contributed by atoms with E-state index < -0.39 is 5.92 Å². The van der Waals surface area contributed by atoms with Gasteiger partial charge in [-0.2, -0.15) is 0 Å². The molecule has 2 rings (SSSR count). The number of benzene rings is 1. The van der Waals surface area contributed by atoms with Crippen LogP contribution in [0.2, 0.25) is 5.02 Å². The zero-order chi connectivity index (χ0) is 19.1. The second kappa shape index (κ2) is 9.34. The van der Waals surface area contributed by atoms with E-state index in [1.54, 1.807) is 37.3 Å². The number of hydrogen-bond acceptors (Lipinski definition) is 4. The van der Waals surface area contributed by atoms with Gasteiger partial charge in [0.15, 0.2) is 0 Å². The number of ketones is 1. The lowest BCUT2D eigenvalue weighted by Crippen LogP contribution is -2.02. The highest BCUT2D eigenvalue weighted by Gasteiger charge is 2.11. The van der Waals surface area contributed by atoms with Crippen LogP contribution in [0.4, 0.5) is 4.39 Å². The number of hydrogen-bond donors (Lipinski definition) is 0. The summed E-state index contributed by atoms with van der Waals surface area (Å²) < 4.78 is 25.1. The van der Waals surface area contributed by atoms with E-state index in [0.717, 1.165) is 0 Å². The molecule has 0 saturated heterocycles. The van der Waals surface area contributed by atoms with E-state index in [0.29, 0.717) is 34.6 Å². The Labute approximate surface area is 157 Å². The fourth-order valence-electron chi connectivity index (χ4n) is 2.30. The maximum atomic E-state index is 14.1. The molecule has 0 N–H and O–H groups in total. The Hall–Kier alpha value is -2.40. The van der Waals surface area contributed by atoms with Gasteiger partial charge >= 0.3 is 0 Å². The van der Waals surface area contributed by atoms with E-state index in [1.165, 1.54) is 19.2 Å². The molecule has 0 amide bonds. The number of aromatic nitrogens is 1. The summed E-state index contributed by atoms with van der Waals surface area (Å²) in [7, 11) is 0. The molecule has 1 heterocycles. The van der Waals surface area contributed by atoms with E-state index in [4.69, 9.17) is 21.1 Å². The van der Waals surface area contributed by atoms with Crippen molar-refractivity contribution >= 4 is 23.5 Å². The van der Waals surface area contributed by atoms with E-state index in [-0.39, 0.29) is 18.0 Å². The first-order chi connectivity index (χ1) is 12.4. The van der Waals surface area contributed by atoms with Gasteiger partial charge in [0, 0.05) is 30.7 Å². The summed E-state index contributed by atoms with van der Waals surface area (Å²) in [5.74, 6) is 0.595. The molecule has 26 heavy (non-hydrogen) atoms. The first-order valence-corrected chi connectivity index (χ1v) is 8.69. The summed E-state index contributed by atoms with van der Waals surface area (Å²) >= 11 is 6.17. The monoisotopic (exact) mass is 377 g/mol. The molecule has 6 heteroatoms. The van der Waals surface area contributed by atoms with Gasteiger partial charge < -0.3 is 14.3 Å². The SMILES string of the molecule is CCOc1ccc(Oc2ccc(/C=C(\F)[C@H](C)CC(C)=O)cn2)c(Cl)c1. The molecule has 138 valence electrons. The van der Waals surface area contributed by atoms with Crippen molar-refractivity contribution in [2.75, 3.05) is 6.61 Å². The largest absolute Gasteiger partial charge is 0.494 e. The second-order valence-corrected chi connectivity index (χ2v) is 6.30. The summed E-state index contributed by atoms with van der Waals surface area (Å²) in [6.45, 7) is 5.56. The van der Waals surface area contributed by atoms with Crippen LogP contribution in [0.25, 0.3) is 6.08 Å². The maximum absolute atomic E-state index is 14.1. The molecule has 0 spiro atoms. The van der Waals surface area contributed by atoms with Crippen LogP contribution in [0.1, 0.15) is 32.8 Å². The molecule has 1 aromatic heterocycles. The number of halogens is 2. The number of rotatable bonds is 8. The first kappa shape index (κ1) is 19.9. The van der Waals surface area contributed by atoms with E-state index in [9.17, 15) is 9.18 Å². The third kappa shape index (κ3) is 5.85. The minimum absolute atomic E-state index is 0.0462. The average molecular weight is 378 g/mol. The minimum Gasteiger partial charge on any atom is -0.494 e. The van der Waals surface area contributed by atoms with Crippen molar-refractivity contribution in [3.8, 4) is 17.4 Å². The van der Waals surface area contributed by atoms with Gasteiger partial charge in [-0.3, -0.25) is 0 Å². The predicted molar refractivity (Wildman–Crippen MR) is 100 cm³/mol. The first-order valence-electron chi connectivity index (χ1n) is 8.31. The van der Waals surface area contributed by atoms with Gasteiger partial charge in [-0.05, 0) is 43.7 Å². The van der Waals surface area contributed by atoms with Crippen molar-refractivity contribution in [1.82, 2.24) is 4.98 Å². The van der Waals surface area contributed by atoms with Crippen LogP contribution in [-0.2, 0) is 4.79 Å². The molecule has 0 unspecified atom stereocenters. The lowest BCUT2D eigenvalue weighted by molar-refractivity contribution is -0.117. The average Bonchev–Trinajstić information content (AvgIpc) is 2.58. The topological polar surface area (TPSA) is 48.4 Å². The Balaban J connectivity index is 2.06. The molecule has 1 atom stereocenters. The molecule has 0 fully saturated rings. The van der Waals surface area contributed by atoms with Gasteiger partial charge in [-0.25, -0.2) is 9.37 Å². The van der Waals surface area contributed by atoms with E-state index >= 15 is 0 Å². The molecule has 0 saturated carbocycles. The van der Waals surface area contributed by atoms with Crippen molar-refractivity contribution in [2.24, 2.45) is 5.92 Å². The number of nitrogens with zero attached hydrogens (tertiary/aromatic N) is 1. The fourth-order valence-corrected chi connectivity index (χ4v) is 2.51. The van der Waals surface area contributed by atoms with Crippen molar-refractivity contribution < 1.29 is 18.7 Å². The Morgan fingerprint density at radius 2 is 2.12 bits per heavy atom. The minimum atomic E-state index is -0.453. The van der Waals surface area contributed by atoms with Crippen LogP contribution in [0, 0.1) is 5.92 Å². The summed E-state index contributed by atoms with van der Waals surface area (Å²) in [5.41, 5.74) is 0.586. The van der Waals surface area contributed by atoms with Gasteiger partial charge in [0.1, 0.15) is 23.1 Å². The number of carbonyl (C=O) groups is 1. The lowest BCUT2D eigenvalue weighted by Gasteiger charge is -2.09. The van der Waals surface area contributed by atoms with Crippen LogP contribution < -0.4 is 9.47 Å². The lowest BCUT2D eigenvalue weighted by atomic mass is 10.0. The van der Waals surface area contributed by atoms with Crippen LogP contribution in [0.3, 0.4) is 0 Å². The molecule has 0 aliphatic carbocycles. The Bertz CT molecular complexity index is 790. The van der Waals surface area contributed by atoms with Crippen molar-refractivity contribution in [3.63, 3.8) is 0 Å². The van der Waals surface area contributed by atoms with Gasteiger partial charge in [0.2, 0.25) is 5.88 Å². The van der Waals surface area contributed by atoms with E-state index in [2.05, 4.69) is 4.98 Å². The Morgan fingerprint density at radius 3 is 2.69 bits per heavy atom. The summed E-state index contributed by atoms with van der Waals surface area (Å²) in [6.07, 6.45) is 3.04. The molecule has 0 bridgehead atoms. The zero-order valence-corrected chi connectivity index (χ0v) is 15.7. The Kier molecular flexibility index (Phi) is 7.16. The number of pyridine rings is 1. The molecule has 1 aromatic carbocycles. The van der Waals surface area contributed by atoms with Crippen LogP contribution in [0.15, 0.2) is 42.4 Å². The predicted octanol–water partition coefficient (Wildman–Crippen LogP) is 5.85. The van der Waals surface area contributed by atoms with Crippen molar-refractivity contribution in [1.29, 1.82) is 0 Å². The molecule has 2 aromatic rings. The number of allylic oxidation sites excluding steroid dienone is 1. The molecule has 0 aliphatic rings. The molecule has 0 aliphatic heterocycles. The molecule has 0 radical (unpaired) electrons. The fraction of sp³-hybridized carbons (Fsp3) is 0.300. The second-order valence-electron chi connectivity index (χ2n) is 5.89. The number of carbonyl (C=O) groups excluding carboxylic acids is 1. The molecular weight excluding hydrogens is 357 g/mol. The normalized spacial score (nSPS) is 12.6. The van der Waals surface area contributed by atoms with Gasteiger partial charge in [0.05, 0.1) is 11.6 Å². The van der Waals surface area contributed by atoms with Crippen LogP contribution in [-0.4, -0.2) is 17.4 Å². The number of Topliss-reactive ketones (excluding diaryl/α,β-unsaturated/α-hetero) is 1. The Morgan fingerprint density at radius 1 is 1.35 bits per heavy atom. The van der Waals surface area contributed by atoms with Gasteiger partial charge in [0.25, 0.3) is 0 Å². The van der Waals surface area contributed by atoms with E-state index in [1.807, 2.05) is 6.92 Å². The summed E-state index contributed by atoms with van der Waals surface area (Å²) in [6, 6.07) is 8.44. The standard InChI is InChI=1S/C20H21ClFNO3/c1-4-25-16-6-7-19(17(21)11-16)26-20-8-5-15(12-23-20)10-18(22)13(2)9-14(3)24/h5-8,10-13H,4,9H2,1-3H3/b18-10-/t13-/m1/s1. The highest BCUT2D eigenvalue weighted by molar-refractivity contribution is 6.32. The third-order valence-corrected chi connectivity index (χ3v) is 3.85. The maximum Gasteiger partial charge on any atom is 0.219 e. The van der Waals surface area contributed by atoms with Crippen LogP contribution >= 0.6 is 11.6 Å². The molecule has 4 nitrogen and oxygen atoms in total. The zero-order valence-electron chi connectivity index (χ0n) is 15.0. The number of ether oxygens (including phenoxy) is 2. The van der Waals surface area contributed by atoms with Crippen LogP contribution in [0.5, 0.6) is 17.4 Å². The smallest absolute Gasteiger partial charge is 0.219 e. The summed E-state index contributed by atoms with van der Waals surface area (Å²) in [5, 5.41) is 0.408. The third-order valence-electron chi connectivity index (χ3n) is 3.56. The quantitative estimate of drug-likeness (QED) is 0.578. The van der Waals surface area contributed by atoms with Gasteiger partial charge in [-0.15, -0.1) is 0 Å². The van der Waals surface area contributed by atoms with Crippen molar-refractivity contribution in [3.05, 3.63) is 52.9 Å². The summed E-state index contributed by atoms with van der Waals surface area (Å²) in [4.78, 5) is 15.2. The van der Waals surface area contributed by atoms with Gasteiger partial charge in [-0.1, -0.05) is 18.5 Å². The van der Waals surface area contributed by atoms with Crippen molar-refractivity contribution in [2.45, 2.75) is 27.2 Å². The highest BCUT2D eigenvalue weighted by Crippen LogP contribution is 2.32. The molecular formula is C20H21ClFNO3.